The van der Waals surface area contributed by atoms with Gasteiger partial charge in [-0.2, -0.15) is 9.89 Å². The van der Waals surface area contributed by atoms with Crippen LogP contribution < -0.4 is 5.84 Å². The topological polar surface area (TPSA) is 69.6 Å². The predicted molar refractivity (Wildman–Crippen MR) is 40.2 cm³/mol. The lowest BCUT2D eigenvalue weighted by Crippen LogP contribution is -2.10. The maximum atomic E-state index is 5.49. The summed E-state index contributed by atoms with van der Waals surface area (Å²) in [6.45, 7) is 1.87. The fraction of sp³-hybridized carbons (Fsp3) is 0.167. The van der Waals surface area contributed by atoms with Gasteiger partial charge in [-0.25, -0.2) is 9.97 Å². The van der Waals surface area contributed by atoms with Gasteiger partial charge in [0.05, 0.1) is 11.1 Å². The Labute approximate surface area is 62.8 Å². The van der Waals surface area contributed by atoms with E-state index in [1.54, 1.807) is 6.20 Å². The molecule has 5 nitrogen and oxygen atoms in total. The molecule has 0 aliphatic heterocycles. The number of hydrogen-bond donors (Lipinski definition) is 1. The number of aromatic nitrogens is 4. The minimum atomic E-state index is 0.664. The van der Waals surface area contributed by atoms with E-state index in [4.69, 9.17) is 5.84 Å². The van der Waals surface area contributed by atoms with Gasteiger partial charge < -0.3 is 5.84 Å². The Morgan fingerprint density at radius 1 is 1.55 bits per heavy atom. The molecule has 0 radical (unpaired) electrons. The van der Waals surface area contributed by atoms with Crippen LogP contribution in [0.3, 0.4) is 0 Å². The number of fused-ring (bicyclic) bond motifs is 1. The Morgan fingerprint density at radius 2 is 2.36 bits per heavy atom. The van der Waals surface area contributed by atoms with E-state index in [1.165, 1.54) is 11.1 Å². The maximum Gasteiger partial charge on any atom is 0.183 e. The highest BCUT2D eigenvalue weighted by atomic mass is 15.5. The Morgan fingerprint density at radius 3 is 3.09 bits per heavy atom. The zero-order valence-corrected chi connectivity index (χ0v) is 6.02. The van der Waals surface area contributed by atoms with Crippen LogP contribution in [0.15, 0.2) is 12.5 Å². The molecule has 2 rings (SSSR count). The Bertz CT molecular complexity index is 355. The van der Waals surface area contributed by atoms with Gasteiger partial charge in [-0.15, -0.1) is 0 Å². The first kappa shape index (κ1) is 6.09. The summed E-state index contributed by atoms with van der Waals surface area (Å²) in [6, 6.07) is 0. The van der Waals surface area contributed by atoms with E-state index in [-0.39, 0.29) is 0 Å². The van der Waals surface area contributed by atoms with Crippen LogP contribution in [0.2, 0.25) is 0 Å². The average molecular weight is 149 g/mol. The Balaban J connectivity index is 2.95. The molecular weight excluding hydrogens is 142 g/mol. The highest BCUT2D eigenvalue weighted by Gasteiger charge is 2.04. The van der Waals surface area contributed by atoms with Crippen molar-refractivity contribution in [2.45, 2.75) is 6.92 Å². The molecule has 0 aliphatic rings. The number of hydrogen-bond acceptors (Lipinski definition) is 4. The first-order chi connectivity index (χ1) is 5.29. The zero-order valence-electron chi connectivity index (χ0n) is 6.02. The summed E-state index contributed by atoms with van der Waals surface area (Å²) >= 11 is 0. The SMILES string of the molecule is Cc1nn(N)c2ncncc12. The molecule has 2 N–H and O–H groups in total. The van der Waals surface area contributed by atoms with Crippen LogP contribution in [0.1, 0.15) is 5.69 Å². The van der Waals surface area contributed by atoms with Crippen molar-refractivity contribution in [2.24, 2.45) is 0 Å². The van der Waals surface area contributed by atoms with E-state index >= 15 is 0 Å². The van der Waals surface area contributed by atoms with Gasteiger partial charge in [-0.1, -0.05) is 0 Å². The molecule has 2 aromatic rings. The molecule has 0 aromatic carbocycles. The molecule has 0 atom stereocenters. The molecule has 0 aliphatic carbocycles. The summed E-state index contributed by atoms with van der Waals surface area (Å²) < 4.78 is 0. The smallest absolute Gasteiger partial charge is 0.183 e. The lowest BCUT2D eigenvalue weighted by molar-refractivity contribution is 0.832. The average Bonchev–Trinajstić information content (AvgIpc) is 2.30. The largest absolute Gasteiger partial charge is 0.321 e. The van der Waals surface area contributed by atoms with E-state index in [9.17, 15) is 0 Å². The number of rotatable bonds is 0. The van der Waals surface area contributed by atoms with Gasteiger partial charge in [0.1, 0.15) is 6.33 Å². The predicted octanol–water partition coefficient (Wildman–Crippen LogP) is -0.151. The first-order valence-electron chi connectivity index (χ1n) is 3.19. The van der Waals surface area contributed by atoms with Crippen LogP contribution in [0.5, 0.6) is 0 Å². The van der Waals surface area contributed by atoms with Crippen LogP contribution >= 0.6 is 0 Å². The number of nitrogens with two attached hydrogens (primary N) is 1. The highest BCUT2D eigenvalue weighted by Crippen LogP contribution is 2.10. The molecule has 56 valence electrons. The maximum absolute atomic E-state index is 5.49. The van der Waals surface area contributed by atoms with E-state index in [0.29, 0.717) is 5.65 Å². The van der Waals surface area contributed by atoms with Gasteiger partial charge in [0.2, 0.25) is 0 Å². The third kappa shape index (κ3) is 0.739. The van der Waals surface area contributed by atoms with Gasteiger partial charge in [0.25, 0.3) is 0 Å². The number of nitrogen functional groups attached to an aromatic ring is 1. The van der Waals surface area contributed by atoms with Crippen molar-refractivity contribution in [1.82, 2.24) is 19.9 Å². The van der Waals surface area contributed by atoms with Crippen molar-refractivity contribution in [2.75, 3.05) is 5.84 Å². The monoisotopic (exact) mass is 149 g/mol. The summed E-state index contributed by atoms with van der Waals surface area (Å²) in [6.07, 6.45) is 3.15. The van der Waals surface area contributed by atoms with E-state index in [2.05, 4.69) is 15.1 Å². The second-order valence-electron chi connectivity index (χ2n) is 2.29. The third-order valence-electron chi connectivity index (χ3n) is 1.56. The Hall–Kier alpha value is -1.65. The zero-order chi connectivity index (χ0) is 7.84. The molecule has 2 heterocycles. The molecule has 0 spiro atoms. The fourth-order valence-corrected chi connectivity index (χ4v) is 1.02. The molecule has 0 saturated heterocycles. The minimum absolute atomic E-state index is 0.664. The summed E-state index contributed by atoms with van der Waals surface area (Å²) in [4.78, 5) is 9.09. The van der Waals surface area contributed by atoms with E-state index in [1.807, 2.05) is 6.92 Å². The van der Waals surface area contributed by atoms with Gasteiger partial charge in [0.15, 0.2) is 5.65 Å². The molecular formula is C6H7N5. The minimum Gasteiger partial charge on any atom is -0.321 e. The second kappa shape index (κ2) is 1.91. The first-order valence-corrected chi connectivity index (χ1v) is 3.19. The molecule has 0 amide bonds. The van der Waals surface area contributed by atoms with Crippen LogP contribution in [0.4, 0.5) is 0 Å². The normalized spacial score (nSPS) is 10.6. The number of nitrogens with zero attached hydrogens (tertiary/aromatic N) is 4. The van der Waals surface area contributed by atoms with Crippen LogP contribution in [0, 0.1) is 6.92 Å². The van der Waals surface area contributed by atoms with E-state index in [0.717, 1.165) is 11.1 Å². The summed E-state index contributed by atoms with van der Waals surface area (Å²) in [5.41, 5.74) is 1.51. The third-order valence-corrected chi connectivity index (χ3v) is 1.56. The van der Waals surface area contributed by atoms with Crippen molar-refractivity contribution >= 4 is 11.0 Å². The standard InChI is InChI=1S/C6H7N5/c1-4-5-2-8-3-9-6(5)11(7)10-4/h2-3H,7H2,1H3. The van der Waals surface area contributed by atoms with Gasteiger partial charge in [0, 0.05) is 6.20 Å². The van der Waals surface area contributed by atoms with Crippen LogP contribution in [0.25, 0.3) is 11.0 Å². The van der Waals surface area contributed by atoms with E-state index < -0.39 is 0 Å². The van der Waals surface area contributed by atoms with Gasteiger partial charge in [-0.3, -0.25) is 0 Å². The highest BCUT2D eigenvalue weighted by molar-refractivity contribution is 5.76. The molecule has 0 bridgehead atoms. The second-order valence-corrected chi connectivity index (χ2v) is 2.29. The molecule has 2 aromatic heterocycles. The molecule has 0 fully saturated rings. The van der Waals surface area contributed by atoms with Crippen molar-refractivity contribution in [3.05, 3.63) is 18.2 Å². The van der Waals surface area contributed by atoms with Gasteiger partial charge >= 0.3 is 0 Å². The van der Waals surface area contributed by atoms with Crippen LogP contribution in [-0.4, -0.2) is 19.9 Å². The van der Waals surface area contributed by atoms with Crippen molar-refractivity contribution in [3.63, 3.8) is 0 Å². The van der Waals surface area contributed by atoms with Crippen LogP contribution in [-0.2, 0) is 0 Å². The Kier molecular flexibility index (Phi) is 1.06. The number of aryl methyl sites for hydroxylation is 1. The molecule has 11 heavy (non-hydrogen) atoms. The molecule has 5 heteroatoms. The summed E-state index contributed by atoms with van der Waals surface area (Å²) in [5, 5.41) is 4.88. The van der Waals surface area contributed by atoms with Crippen molar-refractivity contribution < 1.29 is 0 Å². The lowest BCUT2D eigenvalue weighted by atomic mass is 10.3. The van der Waals surface area contributed by atoms with Gasteiger partial charge in [-0.05, 0) is 6.92 Å². The lowest BCUT2D eigenvalue weighted by Gasteiger charge is -1.88. The summed E-state index contributed by atoms with van der Waals surface area (Å²) in [7, 11) is 0. The summed E-state index contributed by atoms with van der Waals surface area (Å²) in [5.74, 6) is 5.49. The van der Waals surface area contributed by atoms with Crippen molar-refractivity contribution in [1.29, 1.82) is 0 Å². The van der Waals surface area contributed by atoms with Crippen molar-refractivity contribution in [3.8, 4) is 0 Å². The molecule has 0 saturated carbocycles. The molecule has 0 unspecified atom stereocenters. The fourth-order valence-electron chi connectivity index (χ4n) is 1.02. The quantitative estimate of drug-likeness (QED) is 0.529.